The van der Waals surface area contributed by atoms with Gasteiger partial charge < -0.3 is 15.3 Å². The maximum atomic E-state index is 12.5. The summed E-state index contributed by atoms with van der Waals surface area (Å²) in [5.74, 6) is -0.0909. The summed E-state index contributed by atoms with van der Waals surface area (Å²) in [5, 5.41) is 2.90. The number of fused-ring (bicyclic) bond motifs is 1. The van der Waals surface area contributed by atoms with Crippen molar-refractivity contribution in [3.63, 3.8) is 0 Å². The molecule has 6 heteroatoms. The van der Waals surface area contributed by atoms with Crippen molar-refractivity contribution in [2.24, 2.45) is 0 Å². The van der Waals surface area contributed by atoms with Crippen molar-refractivity contribution in [3.05, 3.63) is 64.1 Å². The lowest BCUT2D eigenvalue weighted by Crippen LogP contribution is -2.39. The smallest absolute Gasteiger partial charge is 0.323 e. The summed E-state index contributed by atoms with van der Waals surface area (Å²) < 4.78 is 0. The molecule has 0 radical (unpaired) electrons. The summed E-state index contributed by atoms with van der Waals surface area (Å²) >= 11 is 0. The summed E-state index contributed by atoms with van der Waals surface area (Å²) in [5.41, 5.74) is 4.17. The maximum absolute atomic E-state index is 12.5. The predicted octanol–water partition coefficient (Wildman–Crippen LogP) is 2.62. The van der Waals surface area contributed by atoms with Crippen LogP contribution in [0, 0.1) is 6.92 Å². The second-order valence-electron chi connectivity index (χ2n) is 6.41. The summed E-state index contributed by atoms with van der Waals surface area (Å²) in [6.07, 6.45) is 0. The van der Waals surface area contributed by atoms with E-state index in [4.69, 9.17) is 0 Å². The number of carbonyl (C=O) groups excluding carboxylic acids is 1. The first-order valence-corrected chi connectivity index (χ1v) is 8.21. The van der Waals surface area contributed by atoms with Gasteiger partial charge in [-0.25, -0.2) is 4.79 Å². The molecule has 0 aliphatic rings. The van der Waals surface area contributed by atoms with Gasteiger partial charge in [0.05, 0.1) is 17.1 Å². The van der Waals surface area contributed by atoms with Gasteiger partial charge in [0.2, 0.25) is 5.91 Å². The fourth-order valence-electron chi connectivity index (χ4n) is 2.68. The standard InChI is InChI=1S/C19H22N4O2/c1-12-4-6-14(7-5-12)11-23(3)13(2)18(24)20-15-8-9-16-17(10-15)22-19(25)21-16/h4-10,13H,11H2,1-3H3,(H,20,24)(H2,21,22,25). The Morgan fingerprint density at radius 3 is 2.52 bits per heavy atom. The minimum Gasteiger partial charge on any atom is -0.325 e. The third kappa shape index (κ3) is 3.97. The van der Waals surface area contributed by atoms with Crippen LogP contribution in [-0.2, 0) is 11.3 Å². The van der Waals surface area contributed by atoms with Crippen molar-refractivity contribution in [1.29, 1.82) is 0 Å². The minimum absolute atomic E-state index is 0.0909. The van der Waals surface area contributed by atoms with Gasteiger partial charge in [-0.2, -0.15) is 0 Å². The van der Waals surface area contributed by atoms with Crippen LogP contribution in [0.4, 0.5) is 5.69 Å². The monoisotopic (exact) mass is 338 g/mol. The summed E-state index contributed by atoms with van der Waals surface area (Å²) in [6.45, 7) is 4.62. The molecule has 25 heavy (non-hydrogen) atoms. The number of aryl methyl sites for hydroxylation is 1. The van der Waals surface area contributed by atoms with Gasteiger partial charge in [0.1, 0.15) is 0 Å². The summed E-state index contributed by atoms with van der Waals surface area (Å²) in [4.78, 5) is 31.2. The van der Waals surface area contributed by atoms with Crippen molar-refractivity contribution >= 4 is 22.6 Å². The first-order chi connectivity index (χ1) is 11.9. The van der Waals surface area contributed by atoms with Crippen LogP contribution in [0.1, 0.15) is 18.1 Å². The van der Waals surface area contributed by atoms with E-state index < -0.39 is 0 Å². The van der Waals surface area contributed by atoms with Crippen LogP contribution >= 0.6 is 0 Å². The zero-order chi connectivity index (χ0) is 18.0. The van der Waals surface area contributed by atoms with Crippen LogP contribution in [0.25, 0.3) is 11.0 Å². The third-order valence-corrected chi connectivity index (χ3v) is 4.38. The molecule has 1 unspecified atom stereocenters. The zero-order valence-corrected chi connectivity index (χ0v) is 14.6. The Morgan fingerprint density at radius 2 is 1.80 bits per heavy atom. The molecule has 3 aromatic rings. The lowest BCUT2D eigenvalue weighted by Gasteiger charge is -2.24. The highest BCUT2D eigenvalue weighted by Crippen LogP contribution is 2.16. The van der Waals surface area contributed by atoms with Crippen molar-refractivity contribution in [3.8, 4) is 0 Å². The Bertz CT molecular complexity index is 940. The van der Waals surface area contributed by atoms with Crippen LogP contribution in [-0.4, -0.2) is 33.9 Å². The molecular weight excluding hydrogens is 316 g/mol. The van der Waals surface area contributed by atoms with Gasteiger partial charge in [-0.3, -0.25) is 9.69 Å². The number of aromatic nitrogens is 2. The Kier molecular flexibility index (Phi) is 4.72. The van der Waals surface area contributed by atoms with E-state index in [1.165, 1.54) is 11.1 Å². The number of nitrogens with one attached hydrogen (secondary N) is 3. The molecule has 1 atom stereocenters. The largest absolute Gasteiger partial charge is 0.325 e. The molecule has 6 nitrogen and oxygen atoms in total. The normalized spacial score (nSPS) is 12.5. The number of benzene rings is 2. The van der Waals surface area contributed by atoms with Gasteiger partial charge in [-0.15, -0.1) is 0 Å². The van der Waals surface area contributed by atoms with Gasteiger partial charge in [-0.05, 0) is 44.7 Å². The van der Waals surface area contributed by atoms with Crippen molar-refractivity contribution in [1.82, 2.24) is 14.9 Å². The number of nitrogens with zero attached hydrogens (tertiary/aromatic N) is 1. The molecule has 1 amide bonds. The van der Waals surface area contributed by atoms with E-state index in [1.54, 1.807) is 18.2 Å². The number of hydrogen-bond acceptors (Lipinski definition) is 3. The number of likely N-dealkylation sites (N-methyl/N-ethyl adjacent to an activating group) is 1. The van der Waals surface area contributed by atoms with Crippen LogP contribution in [0.2, 0.25) is 0 Å². The fourth-order valence-corrected chi connectivity index (χ4v) is 2.68. The van der Waals surface area contributed by atoms with E-state index in [-0.39, 0.29) is 17.6 Å². The highest BCUT2D eigenvalue weighted by atomic mass is 16.2. The number of anilines is 1. The van der Waals surface area contributed by atoms with Gasteiger partial charge >= 0.3 is 5.69 Å². The number of amides is 1. The molecule has 0 saturated carbocycles. The molecule has 3 rings (SSSR count). The molecular formula is C19H22N4O2. The lowest BCUT2D eigenvalue weighted by atomic mass is 10.1. The van der Waals surface area contributed by atoms with Crippen molar-refractivity contribution in [2.75, 3.05) is 12.4 Å². The Hall–Kier alpha value is -2.86. The number of H-pyrrole nitrogens is 2. The zero-order valence-electron chi connectivity index (χ0n) is 14.6. The minimum atomic E-state index is -0.290. The van der Waals surface area contributed by atoms with Gasteiger partial charge in [0.15, 0.2) is 0 Å². The number of rotatable bonds is 5. The molecule has 0 bridgehead atoms. The van der Waals surface area contributed by atoms with E-state index >= 15 is 0 Å². The number of imidazole rings is 1. The highest BCUT2D eigenvalue weighted by Gasteiger charge is 2.18. The SMILES string of the molecule is Cc1ccc(CN(C)C(C)C(=O)Nc2ccc3[nH]c(=O)[nH]c3c2)cc1. The van der Waals surface area contributed by atoms with E-state index in [1.807, 2.05) is 18.9 Å². The van der Waals surface area contributed by atoms with E-state index in [9.17, 15) is 9.59 Å². The van der Waals surface area contributed by atoms with E-state index in [0.717, 1.165) is 0 Å². The second-order valence-corrected chi connectivity index (χ2v) is 6.41. The third-order valence-electron chi connectivity index (χ3n) is 4.38. The van der Waals surface area contributed by atoms with E-state index in [0.29, 0.717) is 23.3 Å². The highest BCUT2D eigenvalue weighted by molar-refractivity contribution is 5.96. The fraction of sp³-hybridized carbons (Fsp3) is 0.263. The van der Waals surface area contributed by atoms with Crippen LogP contribution in [0.3, 0.4) is 0 Å². The molecule has 1 aromatic heterocycles. The first-order valence-electron chi connectivity index (χ1n) is 8.21. The van der Waals surface area contributed by atoms with Crippen LogP contribution < -0.4 is 11.0 Å². The molecule has 0 aliphatic carbocycles. The van der Waals surface area contributed by atoms with Crippen molar-refractivity contribution < 1.29 is 4.79 Å². The number of hydrogen-bond donors (Lipinski definition) is 3. The van der Waals surface area contributed by atoms with E-state index in [2.05, 4.69) is 46.5 Å². The summed E-state index contributed by atoms with van der Waals surface area (Å²) in [6, 6.07) is 13.3. The van der Waals surface area contributed by atoms with Gasteiger partial charge in [0.25, 0.3) is 0 Å². The molecule has 0 aliphatic heterocycles. The number of carbonyl (C=O) groups is 1. The Balaban J connectivity index is 1.66. The quantitative estimate of drug-likeness (QED) is 0.669. The lowest BCUT2D eigenvalue weighted by molar-refractivity contribution is -0.120. The van der Waals surface area contributed by atoms with Crippen molar-refractivity contribution in [2.45, 2.75) is 26.4 Å². The first kappa shape index (κ1) is 17.0. The molecule has 1 heterocycles. The Labute approximate surface area is 145 Å². The molecule has 3 N–H and O–H groups in total. The topological polar surface area (TPSA) is 81.0 Å². The number of aromatic amines is 2. The molecule has 0 spiro atoms. The molecule has 130 valence electrons. The average Bonchev–Trinajstić information content (AvgIpc) is 2.95. The predicted molar refractivity (Wildman–Crippen MR) is 99.7 cm³/mol. The molecule has 2 aromatic carbocycles. The maximum Gasteiger partial charge on any atom is 0.323 e. The van der Waals surface area contributed by atoms with Gasteiger partial charge in [-0.1, -0.05) is 29.8 Å². The summed E-state index contributed by atoms with van der Waals surface area (Å²) in [7, 11) is 1.93. The Morgan fingerprint density at radius 1 is 1.12 bits per heavy atom. The van der Waals surface area contributed by atoms with Crippen LogP contribution in [0.15, 0.2) is 47.3 Å². The average molecular weight is 338 g/mol. The van der Waals surface area contributed by atoms with Gasteiger partial charge in [0, 0.05) is 12.2 Å². The molecule has 0 fully saturated rings. The second kappa shape index (κ2) is 6.94. The van der Waals surface area contributed by atoms with Crippen LogP contribution in [0.5, 0.6) is 0 Å². The molecule has 0 saturated heterocycles.